The SMILES string of the molecule is O=C(c1cncc2ccccc12)C1CC2CCCC(C1)N2. The Morgan fingerprint density at radius 2 is 1.86 bits per heavy atom. The fraction of sp³-hybridized carbons (Fsp3) is 0.444. The summed E-state index contributed by atoms with van der Waals surface area (Å²) in [4.78, 5) is 17.2. The molecule has 2 bridgehead atoms. The van der Waals surface area contributed by atoms with Gasteiger partial charge in [-0.15, -0.1) is 0 Å². The molecule has 2 fully saturated rings. The Balaban J connectivity index is 1.67. The van der Waals surface area contributed by atoms with Gasteiger partial charge >= 0.3 is 0 Å². The molecular formula is C18H20N2O. The van der Waals surface area contributed by atoms with Crippen molar-refractivity contribution in [3.8, 4) is 0 Å². The van der Waals surface area contributed by atoms with E-state index in [-0.39, 0.29) is 11.7 Å². The molecule has 2 aromatic rings. The Hall–Kier alpha value is -1.74. The van der Waals surface area contributed by atoms with Crippen molar-refractivity contribution in [2.75, 3.05) is 0 Å². The van der Waals surface area contributed by atoms with Crippen LogP contribution in [-0.2, 0) is 0 Å². The smallest absolute Gasteiger partial charge is 0.168 e. The normalized spacial score (nSPS) is 28.5. The Labute approximate surface area is 124 Å². The molecule has 0 saturated carbocycles. The van der Waals surface area contributed by atoms with Crippen LogP contribution in [0.3, 0.4) is 0 Å². The number of fused-ring (bicyclic) bond motifs is 3. The monoisotopic (exact) mass is 280 g/mol. The van der Waals surface area contributed by atoms with E-state index in [0.29, 0.717) is 12.1 Å². The predicted molar refractivity (Wildman–Crippen MR) is 83.4 cm³/mol. The lowest BCUT2D eigenvalue weighted by atomic mass is 9.77. The highest BCUT2D eigenvalue weighted by molar-refractivity contribution is 6.08. The van der Waals surface area contributed by atoms with Gasteiger partial charge in [-0.1, -0.05) is 30.7 Å². The number of piperidine rings is 2. The van der Waals surface area contributed by atoms with Crippen LogP contribution in [0.15, 0.2) is 36.7 Å². The minimum atomic E-state index is 0.161. The van der Waals surface area contributed by atoms with Crippen LogP contribution in [0.2, 0.25) is 0 Å². The minimum absolute atomic E-state index is 0.161. The standard InChI is InChI=1S/C18H20N2O/c21-18(13-8-14-5-3-6-15(9-13)20-14)17-11-19-10-12-4-1-2-7-16(12)17/h1-2,4,7,10-11,13-15,20H,3,5-6,8-9H2. The number of hydrogen-bond donors (Lipinski definition) is 1. The first-order valence-electron chi connectivity index (χ1n) is 7.94. The van der Waals surface area contributed by atoms with Crippen LogP contribution in [0.1, 0.15) is 42.5 Å². The first-order chi connectivity index (χ1) is 10.3. The molecule has 0 amide bonds. The van der Waals surface area contributed by atoms with Gasteiger partial charge < -0.3 is 5.32 Å². The van der Waals surface area contributed by atoms with Crippen LogP contribution in [0, 0.1) is 5.92 Å². The van der Waals surface area contributed by atoms with E-state index in [1.165, 1.54) is 19.3 Å². The van der Waals surface area contributed by atoms with Crippen molar-refractivity contribution < 1.29 is 4.79 Å². The molecule has 1 aromatic heterocycles. The summed E-state index contributed by atoms with van der Waals surface area (Å²) in [6.45, 7) is 0. The second-order valence-corrected chi connectivity index (χ2v) is 6.43. The lowest BCUT2D eigenvalue weighted by Crippen LogP contribution is -2.50. The molecule has 1 aromatic carbocycles. The summed E-state index contributed by atoms with van der Waals surface area (Å²) < 4.78 is 0. The van der Waals surface area contributed by atoms with Gasteiger partial charge in [-0.3, -0.25) is 9.78 Å². The Morgan fingerprint density at radius 1 is 1.10 bits per heavy atom. The number of carbonyl (C=O) groups is 1. The molecule has 2 atom stereocenters. The van der Waals surface area contributed by atoms with Gasteiger partial charge in [0.25, 0.3) is 0 Å². The average Bonchev–Trinajstić information content (AvgIpc) is 2.53. The van der Waals surface area contributed by atoms with E-state index in [9.17, 15) is 4.79 Å². The number of carbonyl (C=O) groups excluding carboxylic acids is 1. The van der Waals surface area contributed by atoms with Crippen molar-refractivity contribution in [1.82, 2.24) is 10.3 Å². The largest absolute Gasteiger partial charge is 0.311 e. The minimum Gasteiger partial charge on any atom is -0.311 e. The van der Waals surface area contributed by atoms with Crippen molar-refractivity contribution in [2.24, 2.45) is 5.92 Å². The quantitative estimate of drug-likeness (QED) is 0.858. The maximum absolute atomic E-state index is 13.0. The van der Waals surface area contributed by atoms with Crippen LogP contribution in [-0.4, -0.2) is 22.9 Å². The van der Waals surface area contributed by atoms with Gasteiger partial charge in [0.15, 0.2) is 5.78 Å². The molecule has 0 aliphatic carbocycles. The fourth-order valence-electron chi connectivity index (χ4n) is 4.01. The first-order valence-corrected chi connectivity index (χ1v) is 7.94. The van der Waals surface area contributed by atoms with Gasteiger partial charge in [-0.25, -0.2) is 0 Å². The third kappa shape index (κ3) is 2.36. The highest BCUT2D eigenvalue weighted by Crippen LogP contribution is 2.32. The zero-order valence-corrected chi connectivity index (χ0v) is 12.1. The number of benzene rings is 1. The molecule has 3 heteroatoms. The number of aromatic nitrogens is 1. The van der Waals surface area contributed by atoms with Crippen molar-refractivity contribution in [3.63, 3.8) is 0 Å². The number of pyridine rings is 1. The van der Waals surface area contributed by atoms with Crippen molar-refractivity contribution in [1.29, 1.82) is 0 Å². The summed E-state index contributed by atoms with van der Waals surface area (Å²) in [7, 11) is 0. The van der Waals surface area contributed by atoms with E-state index in [2.05, 4.69) is 10.3 Å². The molecule has 2 aliphatic rings. The lowest BCUT2D eigenvalue weighted by molar-refractivity contribution is 0.0826. The second-order valence-electron chi connectivity index (χ2n) is 6.43. The molecule has 0 radical (unpaired) electrons. The van der Waals surface area contributed by atoms with Gasteiger partial charge in [-0.2, -0.15) is 0 Å². The molecule has 2 unspecified atom stereocenters. The molecule has 0 spiro atoms. The van der Waals surface area contributed by atoms with E-state index >= 15 is 0 Å². The zero-order chi connectivity index (χ0) is 14.2. The molecule has 2 saturated heterocycles. The molecule has 21 heavy (non-hydrogen) atoms. The summed E-state index contributed by atoms with van der Waals surface area (Å²) in [5.74, 6) is 0.451. The number of ketones is 1. The van der Waals surface area contributed by atoms with Gasteiger partial charge in [-0.05, 0) is 31.1 Å². The zero-order valence-electron chi connectivity index (χ0n) is 12.1. The fourth-order valence-corrected chi connectivity index (χ4v) is 4.01. The van der Waals surface area contributed by atoms with Crippen LogP contribution < -0.4 is 5.32 Å². The third-order valence-electron chi connectivity index (χ3n) is 5.02. The van der Waals surface area contributed by atoms with Crippen molar-refractivity contribution in [2.45, 2.75) is 44.2 Å². The Kier molecular flexibility index (Phi) is 3.23. The van der Waals surface area contributed by atoms with Crippen LogP contribution in [0.5, 0.6) is 0 Å². The molecule has 3 nitrogen and oxygen atoms in total. The second kappa shape index (κ2) is 5.23. The molecule has 108 valence electrons. The number of rotatable bonds is 2. The maximum atomic E-state index is 13.0. The van der Waals surface area contributed by atoms with E-state index in [0.717, 1.165) is 29.2 Å². The average molecular weight is 280 g/mol. The van der Waals surface area contributed by atoms with Gasteiger partial charge in [0.1, 0.15) is 0 Å². The summed E-state index contributed by atoms with van der Waals surface area (Å²) in [6.07, 6.45) is 9.30. The van der Waals surface area contributed by atoms with Gasteiger partial charge in [0, 0.05) is 41.3 Å². The van der Waals surface area contributed by atoms with E-state index in [1.807, 2.05) is 30.5 Å². The summed E-state index contributed by atoms with van der Waals surface area (Å²) in [5.41, 5.74) is 0.804. The number of Topliss-reactive ketones (excluding diaryl/α,β-unsaturated/α-hetero) is 1. The van der Waals surface area contributed by atoms with E-state index in [4.69, 9.17) is 0 Å². The molecule has 1 N–H and O–H groups in total. The van der Waals surface area contributed by atoms with Crippen molar-refractivity contribution >= 4 is 16.6 Å². The van der Waals surface area contributed by atoms with E-state index in [1.54, 1.807) is 6.20 Å². The van der Waals surface area contributed by atoms with Crippen molar-refractivity contribution in [3.05, 3.63) is 42.2 Å². The van der Waals surface area contributed by atoms with Crippen LogP contribution in [0.25, 0.3) is 10.8 Å². The van der Waals surface area contributed by atoms with E-state index < -0.39 is 0 Å². The predicted octanol–water partition coefficient (Wildman–Crippen LogP) is 3.34. The van der Waals surface area contributed by atoms with Crippen LogP contribution >= 0.6 is 0 Å². The highest BCUT2D eigenvalue weighted by Gasteiger charge is 2.35. The molecule has 4 rings (SSSR count). The number of hydrogen-bond acceptors (Lipinski definition) is 3. The van der Waals surface area contributed by atoms with Gasteiger partial charge in [0.2, 0.25) is 0 Å². The third-order valence-corrected chi connectivity index (χ3v) is 5.02. The lowest BCUT2D eigenvalue weighted by Gasteiger charge is -2.39. The molecule has 3 heterocycles. The summed E-state index contributed by atoms with van der Waals surface area (Å²) >= 11 is 0. The Morgan fingerprint density at radius 3 is 2.67 bits per heavy atom. The van der Waals surface area contributed by atoms with Crippen LogP contribution in [0.4, 0.5) is 0 Å². The number of nitrogens with zero attached hydrogens (tertiary/aromatic N) is 1. The molecule has 2 aliphatic heterocycles. The number of nitrogens with one attached hydrogen (secondary N) is 1. The topological polar surface area (TPSA) is 42.0 Å². The first kappa shape index (κ1) is 13.0. The summed E-state index contributed by atoms with van der Waals surface area (Å²) in [6, 6.07) is 9.12. The molecular weight excluding hydrogens is 260 g/mol. The Bertz CT molecular complexity index is 664. The summed E-state index contributed by atoms with van der Waals surface area (Å²) in [5, 5.41) is 5.75. The maximum Gasteiger partial charge on any atom is 0.168 e. The van der Waals surface area contributed by atoms with Gasteiger partial charge in [0.05, 0.1) is 0 Å². The highest BCUT2D eigenvalue weighted by atomic mass is 16.1.